The second-order valence-corrected chi connectivity index (χ2v) is 8.70. The molecule has 6 heteroatoms. The molecular weight excluding hydrogens is 280 g/mol. The first-order chi connectivity index (χ1) is 8.85. The second-order valence-electron chi connectivity index (χ2n) is 5.32. The maximum atomic E-state index is 11.8. The van der Waals surface area contributed by atoms with Crippen molar-refractivity contribution in [2.45, 2.75) is 25.1 Å². The van der Waals surface area contributed by atoms with Crippen LogP contribution in [0.25, 0.3) is 0 Å². The third kappa shape index (κ3) is 2.27. The summed E-state index contributed by atoms with van der Waals surface area (Å²) in [5.41, 5.74) is 3.22. The van der Waals surface area contributed by atoms with E-state index in [9.17, 15) is 8.42 Å². The Kier molecular flexibility index (Phi) is 2.90. The molecule has 2 saturated heterocycles. The fourth-order valence-corrected chi connectivity index (χ4v) is 6.69. The first-order valence-corrected chi connectivity index (χ1v) is 8.89. The Bertz CT molecular complexity index is 634. The van der Waals surface area contributed by atoms with Crippen molar-refractivity contribution in [2.24, 2.45) is 0 Å². The van der Waals surface area contributed by atoms with Crippen LogP contribution in [0, 0.1) is 19.3 Å². The first kappa shape index (κ1) is 13.0. The number of anilines is 1. The van der Waals surface area contributed by atoms with Gasteiger partial charge in [-0.2, -0.15) is 0 Å². The van der Waals surface area contributed by atoms with Crippen LogP contribution in [0.4, 0.5) is 5.69 Å². The van der Waals surface area contributed by atoms with Crippen LogP contribution in [-0.4, -0.2) is 36.4 Å². The Hall–Kier alpha value is -1.01. The highest BCUT2D eigenvalue weighted by atomic mass is 32.2. The number of sulfone groups is 1. The van der Waals surface area contributed by atoms with Crippen molar-refractivity contribution in [3.8, 4) is 0 Å². The van der Waals surface area contributed by atoms with Gasteiger partial charge in [0.05, 0.1) is 17.5 Å². The molecule has 0 saturated carbocycles. The highest BCUT2D eigenvalue weighted by molar-refractivity contribution is 8.15. The summed E-state index contributed by atoms with van der Waals surface area (Å²) in [6, 6.07) is 6.05. The van der Waals surface area contributed by atoms with E-state index >= 15 is 0 Å². The summed E-state index contributed by atoms with van der Waals surface area (Å²) in [4.78, 5) is 1.89. The highest BCUT2D eigenvalue weighted by Gasteiger charge is 2.48. The largest absolute Gasteiger partial charge is 0.316 e. The van der Waals surface area contributed by atoms with E-state index in [0.29, 0.717) is 5.17 Å². The number of benzene rings is 1. The van der Waals surface area contributed by atoms with Gasteiger partial charge in [-0.05, 0) is 37.1 Å². The number of rotatable bonds is 1. The number of amidine groups is 1. The van der Waals surface area contributed by atoms with Crippen molar-refractivity contribution < 1.29 is 8.42 Å². The van der Waals surface area contributed by atoms with Gasteiger partial charge in [-0.15, -0.1) is 0 Å². The number of fused-ring (bicyclic) bond motifs is 1. The lowest BCUT2D eigenvalue weighted by Crippen LogP contribution is -2.37. The predicted molar refractivity (Wildman–Crippen MR) is 79.9 cm³/mol. The molecule has 2 aliphatic rings. The molecule has 102 valence electrons. The zero-order valence-corrected chi connectivity index (χ0v) is 12.5. The minimum Gasteiger partial charge on any atom is -0.316 e. The topological polar surface area (TPSA) is 61.2 Å². The monoisotopic (exact) mass is 296 g/mol. The summed E-state index contributed by atoms with van der Waals surface area (Å²) < 4.78 is 23.5. The van der Waals surface area contributed by atoms with E-state index in [1.807, 2.05) is 30.9 Å². The van der Waals surface area contributed by atoms with Gasteiger partial charge in [0.25, 0.3) is 0 Å². The van der Waals surface area contributed by atoms with E-state index in [1.54, 1.807) is 0 Å². The molecule has 2 atom stereocenters. The van der Waals surface area contributed by atoms with E-state index in [2.05, 4.69) is 6.07 Å². The average Bonchev–Trinajstić information content (AvgIpc) is 2.66. The van der Waals surface area contributed by atoms with Crippen LogP contribution in [0.15, 0.2) is 18.2 Å². The molecule has 0 aromatic heterocycles. The highest BCUT2D eigenvalue weighted by Crippen LogP contribution is 2.40. The zero-order valence-electron chi connectivity index (χ0n) is 10.9. The molecule has 2 fully saturated rings. The molecule has 0 unspecified atom stereocenters. The summed E-state index contributed by atoms with van der Waals surface area (Å²) in [5.74, 6) is 0.367. The summed E-state index contributed by atoms with van der Waals surface area (Å²) in [5, 5.41) is 8.59. The molecule has 1 aromatic rings. The zero-order chi connectivity index (χ0) is 13.8. The van der Waals surface area contributed by atoms with Gasteiger partial charge in [0, 0.05) is 10.9 Å². The van der Waals surface area contributed by atoms with Crippen molar-refractivity contribution in [1.29, 1.82) is 5.41 Å². The van der Waals surface area contributed by atoms with Crippen LogP contribution >= 0.6 is 11.8 Å². The molecule has 1 N–H and O–H groups in total. The third-order valence-electron chi connectivity index (χ3n) is 3.57. The first-order valence-electron chi connectivity index (χ1n) is 6.19. The van der Waals surface area contributed by atoms with E-state index in [-0.39, 0.29) is 22.8 Å². The van der Waals surface area contributed by atoms with Gasteiger partial charge in [0.2, 0.25) is 0 Å². The summed E-state index contributed by atoms with van der Waals surface area (Å²) >= 11 is 1.38. The summed E-state index contributed by atoms with van der Waals surface area (Å²) in [6.45, 7) is 4.04. The maximum absolute atomic E-state index is 11.8. The fourth-order valence-electron chi connectivity index (χ4n) is 2.90. The van der Waals surface area contributed by atoms with Gasteiger partial charge in [-0.3, -0.25) is 5.41 Å². The van der Waals surface area contributed by atoms with Gasteiger partial charge in [0.1, 0.15) is 0 Å². The third-order valence-corrected chi connectivity index (χ3v) is 6.70. The summed E-state index contributed by atoms with van der Waals surface area (Å²) in [7, 11) is -2.95. The molecule has 0 radical (unpaired) electrons. The molecular formula is C13H16N2O2S2. The minimum atomic E-state index is -2.95. The Morgan fingerprint density at radius 3 is 2.47 bits per heavy atom. The normalized spacial score (nSPS) is 28.7. The van der Waals surface area contributed by atoms with Gasteiger partial charge < -0.3 is 4.90 Å². The van der Waals surface area contributed by atoms with E-state index in [4.69, 9.17) is 5.41 Å². The molecule has 19 heavy (non-hydrogen) atoms. The quantitative estimate of drug-likeness (QED) is 0.860. The van der Waals surface area contributed by atoms with Gasteiger partial charge in [0.15, 0.2) is 15.0 Å². The number of hydrogen-bond acceptors (Lipinski definition) is 4. The number of aryl methyl sites for hydroxylation is 2. The smallest absolute Gasteiger partial charge is 0.161 e. The lowest BCUT2D eigenvalue weighted by atomic mass is 10.1. The minimum absolute atomic E-state index is 0.0123. The molecule has 2 aliphatic heterocycles. The Morgan fingerprint density at radius 2 is 1.84 bits per heavy atom. The molecule has 1 aromatic carbocycles. The molecule has 0 bridgehead atoms. The van der Waals surface area contributed by atoms with Crippen LogP contribution in [0.2, 0.25) is 0 Å². The van der Waals surface area contributed by atoms with Crippen molar-refractivity contribution in [3.63, 3.8) is 0 Å². The SMILES string of the molecule is Cc1cc(C)cc(N2C(=N)S[C@H]3CS(=O)(=O)C[C@@H]32)c1. The van der Waals surface area contributed by atoms with E-state index in [0.717, 1.165) is 16.8 Å². The van der Waals surface area contributed by atoms with Gasteiger partial charge >= 0.3 is 0 Å². The fraction of sp³-hybridized carbons (Fsp3) is 0.462. The van der Waals surface area contributed by atoms with Crippen LogP contribution in [0.3, 0.4) is 0 Å². The van der Waals surface area contributed by atoms with Crippen molar-refractivity contribution in [2.75, 3.05) is 16.4 Å². The van der Waals surface area contributed by atoms with Crippen molar-refractivity contribution in [1.82, 2.24) is 0 Å². The molecule has 0 spiro atoms. The van der Waals surface area contributed by atoms with Crippen LogP contribution in [-0.2, 0) is 9.84 Å². The van der Waals surface area contributed by atoms with Gasteiger partial charge in [-0.1, -0.05) is 17.8 Å². The van der Waals surface area contributed by atoms with Gasteiger partial charge in [-0.25, -0.2) is 8.42 Å². The maximum Gasteiger partial charge on any atom is 0.161 e. The van der Waals surface area contributed by atoms with E-state index in [1.165, 1.54) is 11.8 Å². The molecule has 0 amide bonds. The molecule has 0 aliphatic carbocycles. The number of thioether (sulfide) groups is 1. The Balaban J connectivity index is 2.02. The lowest BCUT2D eigenvalue weighted by molar-refractivity contribution is 0.601. The molecule has 4 nitrogen and oxygen atoms in total. The lowest BCUT2D eigenvalue weighted by Gasteiger charge is -2.24. The standard InChI is InChI=1S/C13H16N2O2S2/c1-8-3-9(2)5-10(4-8)15-11-6-19(16,17)7-12(11)18-13(15)14/h3-5,11-12,14H,6-7H2,1-2H3/t11-,12-/m0/s1. The number of nitrogens with one attached hydrogen (secondary N) is 1. The van der Waals surface area contributed by atoms with E-state index < -0.39 is 9.84 Å². The van der Waals surface area contributed by atoms with Crippen LogP contribution in [0.1, 0.15) is 11.1 Å². The Morgan fingerprint density at radius 1 is 1.21 bits per heavy atom. The average molecular weight is 296 g/mol. The molecule has 3 rings (SSSR count). The number of nitrogens with zero attached hydrogens (tertiary/aromatic N) is 1. The number of hydrogen-bond donors (Lipinski definition) is 1. The van der Waals surface area contributed by atoms with Crippen LogP contribution < -0.4 is 4.90 Å². The molecule has 2 heterocycles. The predicted octanol–water partition coefficient (Wildman–Crippen LogP) is 1.96. The van der Waals surface area contributed by atoms with Crippen molar-refractivity contribution >= 4 is 32.5 Å². The van der Waals surface area contributed by atoms with Crippen molar-refractivity contribution in [3.05, 3.63) is 29.3 Å². The summed E-state index contributed by atoms with van der Waals surface area (Å²) in [6.07, 6.45) is 0. The second kappa shape index (κ2) is 4.24. The van der Waals surface area contributed by atoms with Crippen LogP contribution in [0.5, 0.6) is 0 Å². The Labute approximate surface area is 117 Å².